The van der Waals surface area contributed by atoms with Gasteiger partial charge >= 0.3 is 0 Å². The molecule has 0 bridgehead atoms. The first kappa shape index (κ1) is 27.2. The molecule has 1 aliphatic heterocycles. The number of nitrogens with zero attached hydrogens (tertiary/aromatic N) is 6. The molecule has 11 nitrogen and oxygen atoms in total. The van der Waals surface area contributed by atoms with Crippen LogP contribution in [0.4, 0.5) is 18.9 Å². The minimum absolute atomic E-state index is 0.0732. The van der Waals surface area contributed by atoms with Crippen molar-refractivity contribution >= 4 is 42.6 Å². The van der Waals surface area contributed by atoms with Crippen LogP contribution >= 0.6 is 11.3 Å². The molecule has 3 aromatic heterocycles. The molecule has 17 heteroatoms. The van der Waals surface area contributed by atoms with Gasteiger partial charge in [-0.3, -0.25) is 4.40 Å². The SMILES string of the molecule is CC(C)S(=O)(=O)N1CCN(c2cc(S(=O)(=O)NC3(CF)CC3)cn3c(-c4nnc(C(F)F)s4)ncc23)CC1. The van der Waals surface area contributed by atoms with Gasteiger partial charge in [0, 0.05) is 32.4 Å². The zero-order chi connectivity index (χ0) is 27.5. The molecular weight excluding hydrogens is 567 g/mol. The minimum Gasteiger partial charge on any atom is -0.367 e. The van der Waals surface area contributed by atoms with Crippen molar-refractivity contribution in [3.05, 3.63) is 23.5 Å². The molecule has 1 aliphatic carbocycles. The van der Waals surface area contributed by atoms with E-state index in [1.165, 1.54) is 27.2 Å². The van der Waals surface area contributed by atoms with Crippen molar-refractivity contribution in [2.24, 2.45) is 0 Å². The van der Waals surface area contributed by atoms with Gasteiger partial charge in [-0.05, 0) is 32.8 Å². The summed E-state index contributed by atoms with van der Waals surface area (Å²) in [4.78, 5) is 5.99. The largest absolute Gasteiger partial charge is 0.367 e. The average molecular weight is 594 g/mol. The van der Waals surface area contributed by atoms with E-state index in [1.807, 2.05) is 4.90 Å². The van der Waals surface area contributed by atoms with Crippen LogP contribution in [-0.2, 0) is 20.0 Å². The number of halogens is 3. The number of hydrogen-bond donors (Lipinski definition) is 1. The summed E-state index contributed by atoms with van der Waals surface area (Å²) in [5.74, 6) is 0.121. The zero-order valence-electron chi connectivity index (χ0n) is 20.5. The van der Waals surface area contributed by atoms with Gasteiger partial charge in [0.1, 0.15) is 11.6 Å². The van der Waals surface area contributed by atoms with Crippen LogP contribution in [-0.4, -0.2) is 84.4 Å². The standard InChI is InChI=1S/C21H26F3N7O4S3/c1-13(2)38(34,35)30-7-5-29(6-8-30)15-9-14(37(32,33)28-21(12-22)3-4-21)11-31-16(15)10-25-18(31)20-27-26-19(36-20)17(23)24/h9-11,13,17,28H,3-8,12H2,1-2H3. The number of piperazine rings is 1. The number of rotatable bonds is 9. The topological polar surface area (TPSA) is 130 Å². The second-order valence-electron chi connectivity index (χ2n) is 9.64. The molecule has 0 amide bonds. The number of imidazole rings is 1. The third kappa shape index (κ3) is 4.89. The maximum Gasteiger partial charge on any atom is 0.291 e. The molecular formula is C21H26F3N7O4S3. The molecule has 38 heavy (non-hydrogen) atoms. The fraction of sp³-hybridized carbons (Fsp3) is 0.571. The van der Waals surface area contributed by atoms with E-state index in [0.717, 1.165) is 0 Å². The van der Waals surface area contributed by atoms with E-state index < -0.39 is 48.9 Å². The molecule has 0 aromatic carbocycles. The fourth-order valence-electron chi connectivity index (χ4n) is 4.27. The van der Waals surface area contributed by atoms with Gasteiger partial charge in [-0.25, -0.2) is 39.7 Å². The van der Waals surface area contributed by atoms with Crippen LogP contribution in [0.2, 0.25) is 0 Å². The molecule has 0 unspecified atom stereocenters. The monoisotopic (exact) mass is 593 g/mol. The summed E-state index contributed by atoms with van der Waals surface area (Å²) >= 11 is 0.640. The number of fused-ring (bicyclic) bond motifs is 1. The highest BCUT2D eigenvalue weighted by Gasteiger charge is 2.46. The van der Waals surface area contributed by atoms with Crippen LogP contribution in [0.5, 0.6) is 0 Å². The second-order valence-corrected chi connectivity index (χ2v) is 14.8. The molecule has 0 atom stereocenters. The quantitative estimate of drug-likeness (QED) is 0.401. The molecule has 2 aliphatic rings. The van der Waals surface area contributed by atoms with Gasteiger partial charge in [0.2, 0.25) is 20.0 Å². The van der Waals surface area contributed by atoms with Crippen molar-refractivity contribution < 1.29 is 30.0 Å². The maximum atomic E-state index is 13.5. The molecule has 1 saturated carbocycles. The highest BCUT2D eigenvalue weighted by atomic mass is 32.2. The molecule has 4 heterocycles. The first-order valence-electron chi connectivity index (χ1n) is 11.8. The number of aromatic nitrogens is 4. The number of nitrogens with one attached hydrogen (secondary N) is 1. The van der Waals surface area contributed by atoms with Crippen molar-refractivity contribution in [2.75, 3.05) is 37.8 Å². The van der Waals surface area contributed by atoms with Gasteiger partial charge in [0.05, 0.1) is 28.2 Å². The predicted octanol–water partition coefficient (Wildman–Crippen LogP) is 2.43. The van der Waals surface area contributed by atoms with Crippen molar-refractivity contribution in [1.29, 1.82) is 0 Å². The third-order valence-electron chi connectivity index (χ3n) is 6.72. The van der Waals surface area contributed by atoms with Gasteiger partial charge in [-0.1, -0.05) is 11.3 Å². The van der Waals surface area contributed by atoms with Gasteiger partial charge in [0.15, 0.2) is 15.8 Å². The lowest BCUT2D eigenvalue weighted by Gasteiger charge is -2.36. The van der Waals surface area contributed by atoms with Gasteiger partial charge in [-0.15, -0.1) is 10.2 Å². The molecule has 208 valence electrons. The molecule has 2 fully saturated rings. The summed E-state index contributed by atoms with van der Waals surface area (Å²) in [5, 5.41) is 6.30. The van der Waals surface area contributed by atoms with E-state index in [4.69, 9.17) is 0 Å². The van der Waals surface area contributed by atoms with Gasteiger partial charge < -0.3 is 4.90 Å². The Morgan fingerprint density at radius 2 is 1.79 bits per heavy atom. The van der Waals surface area contributed by atoms with E-state index in [-0.39, 0.29) is 41.9 Å². The summed E-state index contributed by atoms with van der Waals surface area (Å²) in [7, 11) is -7.63. The molecule has 0 spiro atoms. The lowest BCUT2D eigenvalue weighted by Crippen LogP contribution is -2.50. The normalized spacial score (nSPS) is 18.7. The van der Waals surface area contributed by atoms with Crippen LogP contribution in [0, 0.1) is 0 Å². The van der Waals surface area contributed by atoms with E-state index >= 15 is 0 Å². The average Bonchev–Trinajstić information content (AvgIpc) is 3.27. The number of hydrogen-bond acceptors (Lipinski definition) is 9. The Bertz CT molecular complexity index is 1560. The highest BCUT2D eigenvalue weighted by molar-refractivity contribution is 7.89. The van der Waals surface area contributed by atoms with Gasteiger partial charge in [0.25, 0.3) is 6.43 Å². The van der Waals surface area contributed by atoms with Crippen LogP contribution in [0.3, 0.4) is 0 Å². The molecule has 1 saturated heterocycles. The summed E-state index contributed by atoms with van der Waals surface area (Å²) in [6.07, 6.45) is 0.695. The fourth-order valence-corrected chi connectivity index (χ4v) is 7.68. The smallest absolute Gasteiger partial charge is 0.291 e. The maximum absolute atomic E-state index is 13.5. The van der Waals surface area contributed by atoms with E-state index in [2.05, 4.69) is 19.9 Å². The Morgan fingerprint density at radius 1 is 1.11 bits per heavy atom. The lowest BCUT2D eigenvalue weighted by atomic mass is 10.2. The Hall–Kier alpha value is -2.34. The molecule has 1 N–H and O–H groups in total. The van der Waals surface area contributed by atoms with Crippen LogP contribution in [0.1, 0.15) is 38.1 Å². The van der Waals surface area contributed by atoms with Gasteiger partial charge in [-0.2, -0.15) is 4.31 Å². The van der Waals surface area contributed by atoms with Crippen molar-refractivity contribution in [3.63, 3.8) is 0 Å². The first-order valence-corrected chi connectivity index (χ1v) is 15.6. The number of sulfonamides is 2. The molecule has 3 aromatic rings. The number of anilines is 1. The number of pyridine rings is 1. The summed E-state index contributed by atoms with van der Waals surface area (Å²) < 4.78 is 96.9. The Labute approximate surface area is 221 Å². The van der Waals surface area contributed by atoms with Crippen molar-refractivity contribution in [3.8, 4) is 10.8 Å². The zero-order valence-corrected chi connectivity index (χ0v) is 23.0. The Kier molecular flexibility index (Phi) is 6.95. The molecule has 0 radical (unpaired) electrons. The van der Waals surface area contributed by atoms with Crippen LogP contribution in [0.15, 0.2) is 23.4 Å². The number of alkyl halides is 3. The van der Waals surface area contributed by atoms with E-state index in [0.29, 0.717) is 35.4 Å². The molecule has 5 rings (SSSR count). The van der Waals surface area contributed by atoms with E-state index in [1.54, 1.807) is 13.8 Å². The van der Waals surface area contributed by atoms with E-state index in [9.17, 15) is 30.0 Å². The van der Waals surface area contributed by atoms with Crippen LogP contribution in [0.25, 0.3) is 16.3 Å². The minimum atomic E-state index is -4.17. The third-order valence-corrected chi connectivity index (χ3v) is 11.5. The van der Waals surface area contributed by atoms with Crippen molar-refractivity contribution in [2.45, 2.75) is 48.8 Å². The summed E-state index contributed by atoms with van der Waals surface area (Å²) in [6.45, 7) is 3.33. The second kappa shape index (κ2) is 9.69. The lowest BCUT2D eigenvalue weighted by molar-refractivity contribution is 0.150. The Morgan fingerprint density at radius 3 is 2.34 bits per heavy atom. The highest BCUT2D eigenvalue weighted by Crippen LogP contribution is 2.38. The Balaban J connectivity index is 1.57. The first-order chi connectivity index (χ1) is 17.9. The van der Waals surface area contributed by atoms with Crippen molar-refractivity contribution in [1.82, 2.24) is 28.6 Å². The predicted molar refractivity (Wildman–Crippen MR) is 135 cm³/mol. The van der Waals surface area contributed by atoms with Crippen LogP contribution < -0.4 is 9.62 Å². The summed E-state index contributed by atoms with van der Waals surface area (Å²) in [6, 6.07) is 1.44. The summed E-state index contributed by atoms with van der Waals surface area (Å²) in [5.41, 5.74) is -0.204.